The maximum Gasteiger partial charge on any atom is 0.274 e. The highest BCUT2D eigenvalue weighted by Crippen LogP contribution is 2.33. The van der Waals surface area contributed by atoms with Gasteiger partial charge in [0.1, 0.15) is 11.3 Å². The van der Waals surface area contributed by atoms with Gasteiger partial charge in [-0.2, -0.15) is 0 Å². The lowest BCUT2D eigenvalue weighted by Gasteiger charge is -2.48. The van der Waals surface area contributed by atoms with Crippen LogP contribution in [0.15, 0.2) is 47.2 Å². The summed E-state index contributed by atoms with van der Waals surface area (Å²) in [5.41, 5.74) is 4.14. The minimum absolute atomic E-state index is 0.155. The van der Waals surface area contributed by atoms with Gasteiger partial charge in [0.2, 0.25) is 0 Å². The minimum atomic E-state index is -0.649. The number of carbonyl (C=O) groups is 1. The van der Waals surface area contributed by atoms with Crippen LogP contribution in [0.25, 0.3) is 5.65 Å². The predicted octanol–water partition coefficient (Wildman–Crippen LogP) is 3.10. The molecule has 4 heterocycles. The SMILES string of the molecule is COC(C)c1cc(Br)cn2cc(C(=O)N3CC[C@]4(Cc5ccccc5CN4)[C@H](O)C3)nc12. The van der Waals surface area contributed by atoms with Gasteiger partial charge in [-0.05, 0) is 52.9 Å². The highest BCUT2D eigenvalue weighted by atomic mass is 79.9. The van der Waals surface area contributed by atoms with Crippen LogP contribution in [0, 0.1) is 0 Å². The Hall–Kier alpha value is -2.26. The number of aliphatic hydroxyl groups is 1. The molecule has 3 atom stereocenters. The van der Waals surface area contributed by atoms with Crippen LogP contribution in [0.3, 0.4) is 0 Å². The van der Waals surface area contributed by atoms with E-state index in [0.29, 0.717) is 24.3 Å². The molecule has 2 aliphatic rings. The first-order valence-electron chi connectivity index (χ1n) is 10.9. The number of halogens is 1. The molecular weight excluding hydrogens is 472 g/mol. The van der Waals surface area contributed by atoms with Crippen molar-refractivity contribution in [2.45, 2.75) is 44.1 Å². The number of rotatable bonds is 3. The summed E-state index contributed by atoms with van der Waals surface area (Å²) in [6.07, 6.45) is 4.29. The molecule has 0 bridgehead atoms. The van der Waals surface area contributed by atoms with Gasteiger partial charge in [0, 0.05) is 49.2 Å². The fourth-order valence-corrected chi connectivity index (χ4v) is 5.40. The molecule has 0 aliphatic carbocycles. The standard InChI is InChI=1S/C24H27BrN4O3/c1-15(32-2)19-9-18(25)12-29-13-20(27-22(19)29)23(31)28-8-7-24(21(30)14-28)10-16-5-3-4-6-17(16)11-26-24/h3-6,9,12-13,15,21,26,30H,7-8,10-11,14H2,1-2H3/t15?,21-,24+/m1/s1. The van der Waals surface area contributed by atoms with E-state index in [-0.39, 0.29) is 18.6 Å². The van der Waals surface area contributed by atoms with Crippen molar-refractivity contribution in [3.05, 3.63) is 69.6 Å². The van der Waals surface area contributed by atoms with Crippen molar-refractivity contribution in [1.82, 2.24) is 19.6 Å². The Labute approximate surface area is 195 Å². The van der Waals surface area contributed by atoms with Gasteiger partial charge < -0.3 is 24.5 Å². The molecule has 1 fully saturated rings. The lowest BCUT2D eigenvalue weighted by Crippen LogP contribution is -2.65. The first-order chi connectivity index (χ1) is 15.4. The number of nitrogens with one attached hydrogen (secondary N) is 1. The molecule has 7 nitrogen and oxygen atoms in total. The molecule has 2 aliphatic heterocycles. The van der Waals surface area contributed by atoms with Crippen LogP contribution in [-0.4, -0.2) is 57.1 Å². The minimum Gasteiger partial charge on any atom is -0.389 e. The Morgan fingerprint density at radius 3 is 2.88 bits per heavy atom. The molecule has 1 aromatic carbocycles. The summed E-state index contributed by atoms with van der Waals surface area (Å²) in [6, 6.07) is 10.3. The van der Waals surface area contributed by atoms with Crippen molar-refractivity contribution in [3.63, 3.8) is 0 Å². The zero-order valence-electron chi connectivity index (χ0n) is 18.2. The lowest BCUT2D eigenvalue weighted by atomic mass is 9.76. The second kappa shape index (κ2) is 8.26. The average molecular weight is 499 g/mol. The lowest BCUT2D eigenvalue weighted by molar-refractivity contribution is -0.0140. The summed E-state index contributed by atoms with van der Waals surface area (Å²) in [7, 11) is 1.65. The molecule has 32 heavy (non-hydrogen) atoms. The van der Waals surface area contributed by atoms with E-state index >= 15 is 0 Å². The van der Waals surface area contributed by atoms with Gasteiger partial charge in [0.15, 0.2) is 0 Å². The summed E-state index contributed by atoms with van der Waals surface area (Å²) in [4.78, 5) is 19.6. The number of imidazole rings is 1. The summed E-state index contributed by atoms with van der Waals surface area (Å²) in [5.74, 6) is -0.161. The van der Waals surface area contributed by atoms with Crippen molar-refractivity contribution < 1.29 is 14.6 Å². The summed E-state index contributed by atoms with van der Waals surface area (Å²) in [6.45, 7) is 3.55. The van der Waals surface area contributed by atoms with Gasteiger partial charge in [-0.3, -0.25) is 4.79 Å². The normalized spacial score (nSPS) is 24.0. The third kappa shape index (κ3) is 3.65. The molecule has 0 radical (unpaired) electrons. The Morgan fingerprint density at radius 2 is 2.12 bits per heavy atom. The Kier molecular flexibility index (Phi) is 5.57. The predicted molar refractivity (Wildman–Crippen MR) is 125 cm³/mol. The number of aromatic nitrogens is 2. The number of methoxy groups -OCH3 is 1. The van der Waals surface area contributed by atoms with Crippen LogP contribution in [0.4, 0.5) is 0 Å². The molecule has 8 heteroatoms. The topological polar surface area (TPSA) is 79.1 Å². The van der Waals surface area contributed by atoms with E-state index in [1.54, 1.807) is 18.2 Å². The van der Waals surface area contributed by atoms with E-state index in [1.165, 1.54) is 11.1 Å². The third-order valence-corrected chi connectivity index (χ3v) is 7.39. The summed E-state index contributed by atoms with van der Waals surface area (Å²) < 4.78 is 8.22. The number of hydrogen-bond acceptors (Lipinski definition) is 5. The largest absolute Gasteiger partial charge is 0.389 e. The highest BCUT2D eigenvalue weighted by Gasteiger charge is 2.45. The van der Waals surface area contributed by atoms with Crippen molar-refractivity contribution in [3.8, 4) is 0 Å². The van der Waals surface area contributed by atoms with Gasteiger partial charge in [-0.15, -0.1) is 0 Å². The second-order valence-electron chi connectivity index (χ2n) is 8.82. The van der Waals surface area contributed by atoms with Gasteiger partial charge in [0.25, 0.3) is 5.91 Å². The van der Waals surface area contributed by atoms with E-state index in [4.69, 9.17) is 4.74 Å². The molecule has 0 saturated carbocycles. The van der Waals surface area contributed by atoms with E-state index in [2.05, 4.69) is 38.4 Å². The van der Waals surface area contributed by atoms with Gasteiger partial charge >= 0.3 is 0 Å². The van der Waals surface area contributed by atoms with Crippen molar-refractivity contribution in [1.29, 1.82) is 0 Å². The van der Waals surface area contributed by atoms with Gasteiger partial charge in [0.05, 0.1) is 17.7 Å². The zero-order valence-corrected chi connectivity index (χ0v) is 19.8. The summed E-state index contributed by atoms with van der Waals surface area (Å²) >= 11 is 3.52. The number of hydrogen-bond donors (Lipinski definition) is 2. The molecule has 2 N–H and O–H groups in total. The Bertz CT molecular complexity index is 1180. The number of benzene rings is 1. The number of ether oxygens (including phenoxy) is 1. The second-order valence-corrected chi connectivity index (χ2v) is 9.74. The smallest absolute Gasteiger partial charge is 0.274 e. The first-order valence-corrected chi connectivity index (χ1v) is 11.7. The third-order valence-electron chi connectivity index (χ3n) is 6.96. The number of piperidine rings is 1. The van der Waals surface area contributed by atoms with Gasteiger partial charge in [-0.25, -0.2) is 4.98 Å². The number of pyridine rings is 1. The molecule has 1 amide bonds. The monoisotopic (exact) mass is 498 g/mol. The first kappa shape index (κ1) is 21.6. The Balaban J connectivity index is 1.37. The molecule has 3 aromatic rings. The number of likely N-dealkylation sites (tertiary alicyclic amines) is 1. The van der Waals surface area contributed by atoms with Crippen molar-refractivity contribution in [2.24, 2.45) is 0 Å². The molecule has 168 valence electrons. The number of fused-ring (bicyclic) bond motifs is 2. The van der Waals surface area contributed by atoms with E-state index in [9.17, 15) is 9.90 Å². The van der Waals surface area contributed by atoms with Crippen molar-refractivity contribution >= 4 is 27.5 Å². The van der Waals surface area contributed by atoms with Gasteiger partial charge in [-0.1, -0.05) is 24.3 Å². The molecule has 1 unspecified atom stereocenters. The van der Waals surface area contributed by atoms with Crippen LogP contribution < -0.4 is 5.32 Å². The molecule has 2 aromatic heterocycles. The van der Waals surface area contributed by atoms with Crippen LogP contribution in [-0.2, 0) is 17.7 Å². The number of nitrogens with zero attached hydrogens (tertiary/aromatic N) is 3. The maximum absolute atomic E-state index is 13.3. The molecular formula is C24H27BrN4O3. The molecule has 5 rings (SSSR count). The maximum atomic E-state index is 13.3. The van der Waals surface area contributed by atoms with E-state index < -0.39 is 11.6 Å². The summed E-state index contributed by atoms with van der Waals surface area (Å²) in [5, 5.41) is 14.7. The fraction of sp³-hybridized carbons (Fsp3) is 0.417. The van der Waals surface area contributed by atoms with E-state index in [1.807, 2.05) is 35.7 Å². The van der Waals surface area contributed by atoms with Crippen LogP contribution in [0.5, 0.6) is 0 Å². The fourth-order valence-electron chi connectivity index (χ4n) is 4.93. The van der Waals surface area contributed by atoms with Crippen LogP contribution in [0.2, 0.25) is 0 Å². The highest BCUT2D eigenvalue weighted by molar-refractivity contribution is 9.10. The number of β-amino-alcohol motifs (C(OH)–C–C–N with tert-alkyl or cyclic N) is 1. The quantitative estimate of drug-likeness (QED) is 0.579. The molecule has 1 spiro atoms. The van der Waals surface area contributed by atoms with E-state index in [0.717, 1.165) is 23.0 Å². The molecule has 1 saturated heterocycles. The zero-order chi connectivity index (χ0) is 22.5. The van der Waals surface area contributed by atoms with Crippen molar-refractivity contribution in [2.75, 3.05) is 20.2 Å². The Morgan fingerprint density at radius 1 is 1.34 bits per heavy atom. The number of carbonyl (C=O) groups excluding carboxylic acids is 1. The van der Waals surface area contributed by atoms with Crippen LogP contribution >= 0.6 is 15.9 Å². The van der Waals surface area contributed by atoms with Crippen LogP contribution in [0.1, 0.15) is 46.6 Å². The average Bonchev–Trinajstić information content (AvgIpc) is 3.23. The number of amides is 1. The number of aliphatic hydroxyl groups excluding tert-OH is 1.